The number of nitrogens with zero attached hydrogens (tertiary/aromatic N) is 1. The summed E-state index contributed by atoms with van der Waals surface area (Å²) >= 11 is 0. The van der Waals surface area contributed by atoms with E-state index in [0.29, 0.717) is 12.3 Å². The van der Waals surface area contributed by atoms with Gasteiger partial charge in [0.2, 0.25) is 0 Å². The average molecular weight is 255 g/mol. The summed E-state index contributed by atoms with van der Waals surface area (Å²) in [6.45, 7) is 5.38. The van der Waals surface area contributed by atoms with Crippen LogP contribution in [0, 0.1) is 5.92 Å². The van der Waals surface area contributed by atoms with Crippen molar-refractivity contribution in [2.75, 3.05) is 0 Å². The maximum absolute atomic E-state index is 12.2. The lowest BCUT2D eigenvalue weighted by Gasteiger charge is -2.31. The molecule has 1 aliphatic heterocycles. The fourth-order valence-electron chi connectivity index (χ4n) is 2.60. The Morgan fingerprint density at radius 2 is 1.78 bits per heavy atom. The number of carbonyl (C=O) groups excluding carboxylic acids is 1. The molecule has 0 aromatic carbocycles. The number of carbonyl (C=O) groups is 2. The standard InChI is InChI=1S/C13H21NO4/c1-13(2,3)18-12(17)14-9(8-4-5-8)6-7-10(14)11(15)16/h8-10H,4-7H2,1-3H3,(H,15,16)/t9-,10+/m1/s1. The average Bonchev–Trinajstić information content (AvgIpc) is 2.93. The third-order valence-corrected chi connectivity index (χ3v) is 3.48. The lowest BCUT2D eigenvalue weighted by atomic mass is 10.1. The van der Waals surface area contributed by atoms with Crippen LogP contribution >= 0.6 is 0 Å². The molecule has 0 radical (unpaired) electrons. The third kappa shape index (κ3) is 2.76. The van der Waals surface area contributed by atoms with Crippen LogP contribution in [-0.2, 0) is 9.53 Å². The van der Waals surface area contributed by atoms with Crippen LogP contribution in [0.15, 0.2) is 0 Å². The normalized spacial score (nSPS) is 28.3. The van der Waals surface area contributed by atoms with Gasteiger partial charge in [0, 0.05) is 6.04 Å². The van der Waals surface area contributed by atoms with Gasteiger partial charge in [-0.1, -0.05) is 0 Å². The molecule has 1 amide bonds. The molecular formula is C13H21NO4. The van der Waals surface area contributed by atoms with Crippen molar-refractivity contribution in [1.29, 1.82) is 0 Å². The zero-order chi connectivity index (χ0) is 13.5. The van der Waals surface area contributed by atoms with Crippen LogP contribution in [0.2, 0.25) is 0 Å². The van der Waals surface area contributed by atoms with E-state index in [-0.39, 0.29) is 6.04 Å². The summed E-state index contributed by atoms with van der Waals surface area (Å²) in [5.74, 6) is -0.453. The number of hydrogen-bond acceptors (Lipinski definition) is 3. The number of hydrogen-bond donors (Lipinski definition) is 1. The van der Waals surface area contributed by atoms with Crippen molar-refractivity contribution in [3.8, 4) is 0 Å². The summed E-state index contributed by atoms with van der Waals surface area (Å²) in [4.78, 5) is 24.8. The van der Waals surface area contributed by atoms with Crippen LogP contribution in [-0.4, -0.2) is 39.8 Å². The SMILES string of the molecule is CC(C)(C)OC(=O)N1[C@@H](C2CC2)CC[C@H]1C(=O)O. The summed E-state index contributed by atoms with van der Waals surface area (Å²) in [5.41, 5.74) is -0.586. The lowest BCUT2D eigenvalue weighted by Crippen LogP contribution is -2.47. The van der Waals surface area contributed by atoms with Gasteiger partial charge >= 0.3 is 12.1 Å². The van der Waals surface area contributed by atoms with Crippen molar-refractivity contribution in [3.63, 3.8) is 0 Å². The van der Waals surface area contributed by atoms with Gasteiger partial charge in [0.1, 0.15) is 11.6 Å². The number of carboxylic acid groups (broad SMARTS) is 1. The second kappa shape index (κ2) is 4.44. The van der Waals surface area contributed by atoms with Gasteiger partial charge in [-0.05, 0) is 52.4 Å². The van der Waals surface area contributed by atoms with E-state index < -0.39 is 23.7 Å². The largest absolute Gasteiger partial charge is 0.480 e. The molecule has 1 saturated carbocycles. The van der Waals surface area contributed by atoms with Gasteiger partial charge in [0.15, 0.2) is 0 Å². The van der Waals surface area contributed by atoms with E-state index in [0.717, 1.165) is 19.3 Å². The molecule has 0 aromatic heterocycles. The van der Waals surface area contributed by atoms with Crippen molar-refractivity contribution in [3.05, 3.63) is 0 Å². The molecule has 2 aliphatic rings. The Kier molecular flexibility index (Phi) is 3.25. The topological polar surface area (TPSA) is 66.8 Å². The van der Waals surface area contributed by atoms with Crippen LogP contribution in [0.25, 0.3) is 0 Å². The van der Waals surface area contributed by atoms with E-state index >= 15 is 0 Å². The second-order valence-electron chi connectivity index (χ2n) is 6.22. The minimum Gasteiger partial charge on any atom is -0.480 e. The molecule has 2 atom stereocenters. The summed E-state index contributed by atoms with van der Waals surface area (Å²) in [6.07, 6.45) is 3.02. The van der Waals surface area contributed by atoms with Crippen LogP contribution in [0.4, 0.5) is 4.79 Å². The first-order valence-corrected chi connectivity index (χ1v) is 6.54. The Morgan fingerprint density at radius 1 is 1.17 bits per heavy atom. The first-order chi connectivity index (χ1) is 8.29. The molecule has 1 aliphatic carbocycles. The third-order valence-electron chi connectivity index (χ3n) is 3.48. The number of rotatable bonds is 2. The van der Waals surface area contributed by atoms with E-state index in [1.165, 1.54) is 4.90 Å². The summed E-state index contributed by atoms with van der Waals surface area (Å²) < 4.78 is 5.33. The molecule has 1 saturated heterocycles. The van der Waals surface area contributed by atoms with Crippen LogP contribution in [0.5, 0.6) is 0 Å². The quantitative estimate of drug-likeness (QED) is 0.821. The maximum atomic E-state index is 12.2. The minimum absolute atomic E-state index is 0.0564. The zero-order valence-electron chi connectivity index (χ0n) is 11.2. The Morgan fingerprint density at radius 3 is 2.22 bits per heavy atom. The van der Waals surface area contributed by atoms with Gasteiger partial charge in [0.05, 0.1) is 0 Å². The molecule has 102 valence electrons. The second-order valence-corrected chi connectivity index (χ2v) is 6.22. The van der Waals surface area contributed by atoms with Gasteiger partial charge in [-0.2, -0.15) is 0 Å². The van der Waals surface area contributed by atoms with E-state index in [1.54, 1.807) is 20.8 Å². The zero-order valence-corrected chi connectivity index (χ0v) is 11.2. The number of likely N-dealkylation sites (tertiary alicyclic amines) is 1. The molecule has 18 heavy (non-hydrogen) atoms. The van der Waals surface area contributed by atoms with Gasteiger partial charge in [-0.15, -0.1) is 0 Å². The highest BCUT2D eigenvalue weighted by Gasteiger charge is 2.48. The Labute approximate surface area is 107 Å². The van der Waals surface area contributed by atoms with Gasteiger partial charge in [-0.25, -0.2) is 9.59 Å². The fraction of sp³-hybridized carbons (Fsp3) is 0.846. The predicted molar refractivity (Wildman–Crippen MR) is 65.2 cm³/mol. The molecule has 5 nitrogen and oxygen atoms in total. The molecule has 0 spiro atoms. The first kappa shape index (κ1) is 13.2. The summed E-state index contributed by atoms with van der Waals surface area (Å²) in [5, 5.41) is 9.20. The number of carboxylic acids is 1. The fourth-order valence-corrected chi connectivity index (χ4v) is 2.60. The van der Waals surface area contributed by atoms with Crippen LogP contribution in [0.3, 0.4) is 0 Å². The Hall–Kier alpha value is -1.26. The van der Waals surface area contributed by atoms with Crippen molar-refractivity contribution in [2.24, 2.45) is 5.92 Å². The molecule has 0 unspecified atom stereocenters. The molecule has 0 bridgehead atoms. The van der Waals surface area contributed by atoms with Crippen molar-refractivity contribution < 1.29 is 19.4 Å². The molecule has 1 heterocycles. The van der Waals surface area contributed by atoms with Crippen molar-refractivity contribution in [2.45, 2.75) is 64.1 Å². The highest BCUT2D eigenvalue weighted by atomic mass is 16.6. The number of amides is 1. The van der Waals surface area contributed by atoms with Crippen molar-refractivity contribution in [1.82, 2.24) is 4.90 Å². The van der Waals surface area contributed by atoms with E-state index in [4.69, 9.17) is 4.74 Å². The van der Waals surface area contributed by atoms with Crippen LogP contribution < -0.4 is 0 Å². The first-order valence-electron chi connectivity index (χ1n) is 6.54. The van der Waals surface area contributed by atoms with E-state index in [1.807, 2.05) is 0 Å². The van der Waals surface area contributed by atoms with E-state index in [2.05, 4.69) is 0 Å². The predicted octanol–water partition coefficient (Wildman–Crippen LogP) is 2.25. The van der Waals surface area contributed by atoms with Crippen LogP contribution in [0.1, 0.15) is 46.5 Å². The molecule has 2 rings (SSSR count). The number of aliphatic carboxylic acids is 1. The molecule has 2 fully saturated rings. The Bertz CT molecular complexity index is 356. The smallest absolute Gasteiger partial charge is 0.411 e. The molecular weight excluding hydrogens is 234 g/mol. The summed E-state index contributed by atoms with van der Waals surface area (Å²) in [7, 11) is 0. The monoisotopic (exact) mass is 255 g/mol. The van der Waals surface area contributed by atoms with Gasteiger partial charge in [-0.3, -0.25) is 4.90 Å². The minimum atomic E-state index is -0.927. The van der Waals surface area contributed by atoms with Gasteiger partial charge in [0.25, 0.3) is 0 Å². The van der Waals surface area contributed by atoms with Crippen molar-refractivity contribution >= 4 is 12.1 Å². The Balaban J connectivity index is 2.12. The molecule has 5 heteroatoms. The highest BCUT2D eigenvalue weighted by Crippen LogP contribution is 2.42. The molecule has 1 N–H and O–H groups in total. The lowest BCUT2D eigenvalue weighted by molar-refractivity contribution is -0.142. The van der Waals surface area contributed by atoms with Gasteiger partial charge < -0.3 is 9.84 Å². The highest BCUT2D eigenvalue weighted by molar-refractivity contribution is 5.81. The number of ether oxygens (including phenoxy) is 1. The van der Waals surface area contributed by atoms with E-state index in [9.17, 15) is 14.7 Å². The molecule has 0 aromatic rings. The summed E-state index contributed by atoms with van der Waals surface area (Å²) in [6, 6.07) is -0.661. The maximum Gasteiger partial charge on any atom is 0.411 e.